The fourth-order valence-electron chi connectivity index (χ4n) is 25.7. The van der Waals surface area contributed by atoms with Gasteiger partial charge in [-0.15, -0.1) is 11.8 Å². The summed E-state index contributed by atoms with van der Waals surface area (Å²) in [6, 6.07) is 0. The summed E-state index contributed by atoms with van der Waals surface area (Å²) in [5, 5.41) is 43.1. The molecule has 0 heterocycles. The molecule has 12 aliphatic carbocycles. The van der Waals surface area contributed by atoms with Crippen molar-refractivity contribution in [3.63, 3.8) is 0 Å². The fraction of sp³-hybridized carbons (Fsp3) is 0.984. The van der Waals surface area contributed by atoms with E-state index < -0.39 is 303 Å². The predicted molar refractivity (Wildman–Crippen MR) is 454 cm³/mol. The summed E-state index contributed by atoms with van der Waals surface area (Å²) >= 11 is 5.26. The van der Waals surface area contributed by atoms with Gasteiger partial charge in [-0.25, -0.2) is 0 Å². The number of thioether (sulfide) groups is 5. The minimum absolute atomic E-state index is 0.00137. The molecule has 42 nitrogen and oxygen atoms in total. The Hall–Kier alpha value is 3.53. The first kappa shape index (κ1) is 104. The number of rotatable bonds is 30. The Kier molecular flexibility index (Phi) is 27.9. The van der Waals surface area contributed by atoms with Crippen molar-refractivity contribution < 1.29 is 203 Å². The maximum absolute atomic E-state index is 14.2. The van der Waals surface area contributed by atoms with Gasteiger partial charge >= 0.3 is 91.1 Å². The molecule has 122 heavy (non-hydrogen) atoms. The summed E-state index contributed by atoms with van der Waals surface area (Å²) in [6.45, 7) is 0. The summed E-state index contributed by atoms with van der Waals surface area (Å²) in [6.07, 6.45) is -9.79. The van der Waals surface area contributed by atoms with Crippen LogP contribution in [-0.2, 0) is 54.8 Å². The molecule has 0 saturated heterocycles. The second kappa shape index (κ2) is 32.6. The molecule has 0 aromatic heterocycles. The minimum atomic E-state index is -6.48. The zero-order valence-electron chi connectivity index (χ0n) is 65.7. The van der Waals surface area contributed by atoms with Crippen molar-refractivity contribution in [2.75, 3.05) is 0 Å². The van der Waals surface area contributed by atoms with Gasteiger partial charge in [0, 0.05) is 82.3 Å². The lowest BCUT2D eigenvalue weighted by atomic mass is 9.84. The van der Waals surface area contributed by atoms with Crippen molar-refractivity contribution in [2.24, 2.45) is 27.1 Å². The molecule has 7 unspecified atom stereocenters. The molecule has 10 bridgehead atoms. The number of hydrogen-bond donors (Lipinski definition) is 30. The monoisotopic (exact) mass is 2090 g/mol. The van der Waals surface area contributed by atoms with Crippen LogP contribution in [0.15, 0.2) is 0 Å². The van der Waals surface area contributed by atoms with E-state index in [1.165, 1.54) is 23.5 Å². The van der Waals surface area contributed by atoms with Gasteiger partial charge in [0.05, 0.1) is 4.75 Å². The highest BCUT2D eigenvalue weighted by Crippen LogP contribution is 2.89. The van der Waals surface area contributed by atoms with Gasteiger partial charge < -0.3 is 148 Å². The number of fused-ring (bicyclic) bond motifs is 10. The average molecular weight is 2100 g/mol. The van der Waals surface area contributed by atoms with Crippen LogP contribution in [-0.4, -0.2) is 244 Å². The first-order chi connectivity index (χ1) is 54.7. The normalized spacial score (nSPS) is 38.3. The van der Waals surface area contributed by atoms with Crippen molar-refractivity contribution in [1.82, 2.24) is 0 Å². The molecule has 0 aliphatic heterocycles. The lowest BCUT2D eigenvalue weighted by Crippen LogP contribution is -2.51. The van der Waals surface area contributed by atoms with Crippen LogP contribution in [0.3, 0.4) is 0 Å². The molecule has 0 spiro atoms. The SMILES string of the molecule is C=S(C1CCC(SC23CCC(C(O)(P(=O)(O)O)P(=O)(O)O)(CC2)C3)CC(SC2(C(O)(P(=O)(O)O)P(=O)(O)O)CCCC2)CC(SC23CCC(C(O)(P(=O)(O)O)P(=O)(O)O)(CC2)C3)CCC(SC23CCC(C(O)(P(=O)(O)O)P(=O)(O)O)(CC2)C3)CCC(SC23CCC(C(O)(P(=O)(O)O)P(=O)(O)O)(CC2)C3)C1)C12CCC(C(O)(P(=O)(O)O)P(=O)(O)O)(CC1)C2. The van der Waals surface area contributed by atoms with Crippen molar-refractivity contribution >= 4 is 166 Å². The Bertz CT molecular complexity index is 4560. The zero-order valence-corrected chi connectivity index (χ0v) is 81.3. The van der Waals surface area contributed by atoms with Gasteiger partial charge in [-0.2, -0.15) is 57.5 Å². The average Bonchev–Trinajstić information content (AvgIpc) is 1.59. The summed E-state index contributed by atoms with van der Waals surface area (Å²) in [5.74, 6) is 4.82. The zero-order chi connectivity index (χ0) is 91.9. The van der Waals surface area contributed by atoms with Crippen molar-refractivity contribution in [3.8, 4) is 0 Å². The molecule has 12 aliphatic rings. The lowest BCUT2D eigenvalue weighted by molar-refractivity contribution is 0.0141. The standard InChI is InChI=1S/C62H114O42P12S6/c1-122(55-30-20-50(39-55,21-31-55)61(67,113(93,94)95)114(96,97)98)45-9-8-42(119-53-26-16-48(37-53,17-27-53)59(65,109(81,82)83)110(84,85)86)33-44(121-56(10-2-3-11-56)62(68,115(99,100)101)116(102,103)104)32-41(118-52-24-14-47(36-52,15-25-52)58(64,107(75,76)77)108(78,79)80)6-4-40(117-51-22-12-46(35-51,13-23-51)57(63,105(69,70)71)106(72,73)74)5-7-43(34-45)120-54-28-18-49(38-54,19-29-54)60(66,111(87,88)89)112(90,91)92/h40-45,63-68H,1-39H2,(H2,69,70,71)(H2,72,73,74)(H2,75,76,77)(H2,78,79,80)(H2,81,82,83)(H2,84,85,86)(H2,87,88,89)(H2,90,91,92)(H2,93,94,95)(H2,96,97,98)(H2,99,100,101)(H2,102,103,104). The van der Waals surface area contributed by atoms with E-state index in [1.54, 1.807) is 0 Å². The maximum Gasteiger partial charge on any atom is 0.370 e. The van der Waals surface area contributed by atoms with E-state index in [9.17, 15) is 203 Å². The van der Waals surface area contributed by atoms with Gasteiger partial charge in [0.2, 0.25) is 0 Å². The van der Waals surface area contributed by atoms with Crippen LogP contribution in [0.1, 0.15) is 244 Å². The van der Waals surface area contributed by atoms with Crippen molar-refractivity contribution in [2.45, 2.75) is 334 Å². The Morgan fingerprint density at radius 2 is 0.443 bits per heavy atom. The fourth-order valence-corrected chi connectivity index (χ4v) is 59.0. The Balaban J connectivity index is 1.07. The van der Waals surface area contributed by atoms with E-state index in [2.05, 4.69) is 0 Å². The molecule has 0 radical (unpaired) electrons. The van der Waals surface area contributed by atoms with E-state index in [0.717, 1.165) is 23.5 Å². The van der Waals surface area contributed by atoms with E-state index in [0.29, 0.717) is 11.8 Å². The van der Waals surface area contributed by atoms with Crippen molar-refractivity contribution in [3.05, 3.63) is 0 Å². The molecule has 0 aromatic rings. The first-order valence-electron chi connectivity index (χ1n) is 39.7. The van der Waals surface area contributed by atoms with Crippen LogP contribution in [0.25, 0.3) is 0 Å². The van der Waals surface area contributed by atoms with E-state index in [4.69, 9.17) is 5.87 Å². The lowest BCUT2D eigenvalue weighted by Gasteiger charge is -2.46. The van der Waals surface area contributed by atoms with E-state index in [-0.39, 0.29) is 161 Å². The molecule has 0 aromatic carbocycles. The van der Waals surface area contributed by atoms with Crippen LogP contribution in [0, 0.1) is 27.1 Å². The highest BCUT2D eigenvalue weighted by molar-refractivity contribution is 8.16. The molecule has 12 fully saturated rings. The molecule has 12 saturated carbocycles. The van der Waals surface area contributed by atoms with Crippen LogP contribution >= 0.6 is 160 Å². The highest BCUT2D eigenvalue weighted by Gasteiger charge is 2.83. The predicted octanol–water partition coefficient (Wildman–Crippen LogP) is 7.93. The Labute approximate surface area is 725 Å². The van der Waals surface area contributed by atoms with Crippen LogP contribution in [0.2, 0.25) is 0 Å². The number of aliphatic hydroxyl groups is 6. The van der Waals surface area contributed by atoms with Gasteiger partial charge in [-0.05, 0) is 231 Å². The maximum atomic E-state index is 14.2. The largest absolute Gasteiger partial charge is 0.370 e. The van der Waals surface area contributed by atoms with Gasteiger partial charge in [0.1, 0.15) is 0 Å². The summed E-state index contributed by atoms with van der Waals surface area (Å²) in [4.78, 5) is 263. The molecule has 60 heteroatoms. The molecular formula is C62H114O42P12S6. The second-order valence-corrected chi connectivity index (χ2v) is 72.0. The van der Waals surface area contributed by atoms with E-state index in [1.807, 2.05) is 0 Å². The molecule has 30 N–H and O–H groups in total. The molecule has 12 rings (SSSR count). The Morgan fingerprint density at radius 1 is 0.238 bits per heavy atom. The molecule has 7 atom stereocenters. The second-order valence-electron chi connectivity index (χ2n) is 37.9. The molecule has 710 valence electrons. The summed E-state index contributed by atoms with van der Waals surface area (Å²) in [7, 11) is -76.6. The van der Waals surface area contributed by atoms with Crippen molar-refractivity contribution in [1.29, 1.82) is 0 Å². The van der Waals surface area contributed by atoms with Gasteiger partial charge in [-0.3, -0.25) is 54.8 Å². The summed E-state index contributed by atoms with van der Waals surface area (Å²) in [5.41, 5.74) is -11.0. The quantitative estimate of drug-likeness (QED) is 0.0240. The third-order valence-electron chi connectivity index (χ3n) is 31.4. The Morgan fingerprint density at radius 3 is 0.689 bits per heavy atom. The van der Waals surface area contributed by atoms with Crippen LogP contribution < -0.4 is 0 Å². The summed E-state index contributed by atoms with van der Waals surface area (Å²) < 4.78 is 155. The minimum Gasteiger partial charge on any atom is -0.367 e. The van der Waals surface area contributed by atoms with Crippen LogP contribution in [0.5, 0.6) is 0 Å². The number of hydrogen-bond acceptors (Lipinski definition) is 23. The topological polar surface area (TPSA) is 812 Å². The van der Waals surface area contributed by atoms with Gasteiger partial charge in [0.25, 0.3) is 30.5 Å². The molecule has 0 amide bonds. The van der Waals surface area contributed by atoms with Gasteiger partial charge in [0.15, 0.2) is 0 Å². The molecular weight excluding hydrogens is 1980 g/mol. The smallest absolute Gasteiger partial charge is 0.367 e. The highest BCUT2D eigenvalue weighted by atomic mass is 32.2. The van der Waals surface area contributed by atoms with Crippen LogP contribution in [0.4, 0.5) is 0 Å². The first-order valence-corrected chi connectivity index (χ1v) is 64.9. The van der Waals surface area contributed by atoms with Gasteiger partial charge in [-0.1, -0.05) is 18.7 Å². The van der Waals surface area contributed by atoms with E-state index >= 15 is 0 Å². The third kappa shape index (κ3) is 16.4. The third-order valence-corrected chi connectivity index (χ3v) is 68.5.